The number of ether oxygens (including phenoxy) is 1. The second kappa shape index (κ2) is 9.90. The Morgan fingerprint density at radius 1 is 1.12 bits per heavy atom. The lowest BCUT2D eigenvalue weighted by atomic mass is 9.97. The molecule has 2 aromatic carbocycles. The summed E-state index contributed by atoms with van der Waals surface area (Å²) in [4.78, 5) is 32.1. The number of fused-ring (bicyclic) bond motifs is 1. The van der Waals surface area contributed by atoms with E-state index in [9.17, 15) is 9.59 Å². The molecule has 0 radical (unpaired) electrons. The molecule has 4 rings (SSSR count). The van der Waals surface area contributed by atoms with Gasteiger partial charge < -0.3 is 20.3 Å². The maximum Gasteiger partial charge on any atom is 0.319 e. The van der Waals surface area contributed by atoms with Crippen LogP contribution in [0.2, 0.25) is 0 Å². The fourth-order valence-electron chi connectivity index (χ4n) is 4.22. The van der Waals surface area contributed by atoms with Crippen molar-refractivity contribution >= 4 is 28.5 Å². The number of rotatable bonds is 5. The quantitative estimate of drug-likeness (QED) is 0.603. The summed E-state index contributed by atoms with van der Waals surface area (Å²) in [7, 11) is 1.62. The van der Waals surface area contributed by atoms with Crippen LogP contribution in [0.5, 0.6) is 5.75 Å². The van der Waals surface area contributed by atoms with Crippen LogP contribution < -0.4 is 15.4 Å². The second-order valence-electron chi connectivity index (χ2n) is 8.64. The maximum absolute atomic E-state index is 13.3. The monoisotopic (exact) mass is 446 g/mol. The van der Waals surface area contributed by atoms with Gasteiger partial charge in [-0.3, -0.25) is 9.78 Å². The zero-order chi connectivity index (χ0) is 23.4. The van der Waals surface area contributed by atoms with Crippen LogP contribution >= 0.6 is 0 Å². The molecule has 1 aliphatic rings. The molecule has 1 saturated heterocycles. The van der Waals surface area contributed by atoms with Crippen molar-refractivity contribution in [2.75, 3.05) is 32.1 Å². The number of nitrogens with zero attached hydrogens (tertiary/aromatic N) is 2. The first-order valence-corrected chi connectivity index (χ1v) is 11.3. The number of likely N-dealkylation sites (tertiary alicyclic amines) is 1. The van der Waals surface area contributed by atoms with Crippen LogP contribution in [0.4, 0.5) is 10.5 Å². The number of methoxy groups -OCH3 is 1. The van der Waals surface area contributed by atoms with Gasteiger partial charge in [-0.1, -0.05) is 17.7 Å². The summed E-state index contributed by atoms with van der Waals surface area (Å²) in [5.74, 6) is 0.947. The molecule has 1 unspecified atom stereocenters. The highest BCUT2D eigenvalue weighted by atomic mass is 16.5. The molecule has 172 valence electrons. The van der Waals surface area contributed by atoms with E-state index in [0.29, 0.717) is 30.9 Å². The summed E-state index contributed by atoms with van der Waals surface area (Å²) in [5.41, 5.74) is 4.04. The fourth-order valence-corrected chi connectivity index (χ4v) is 4.22. The van der Waals surface area contributed by atoms with Gasteiger partial charge in [0.05, 0.1) is 23.9 Å². The first-order chi connectivity index (χ1) is 15.9. The SMILES string of the molecule is COc1ccc2cc(C(=O)N3CCCC(CNC(=O)Nc4ccc(C)cc4)C3)c(C)nc2c1. The van der Waals surface area contributed by atoms with Crippen LogP contribution in [0.3, 0.4) is 0 Å². The van der Waals surface area contributed by atoms with Crippen LogP contribution in [0.25, 0.3) is 10.9 Å². The summed E-state index contributed by atoms with van der Waals surface area (Å²) in [5, 5.41) is 6.71. The van der Waals surface area contributed by atoms with Gasteiger partial charge in [0, 0.05) is 36.8 Å². The van der Waals surface area contributed by atoms with Crippen LogP contribution in [0, 0.1) is 19.8 Å². The van der Waals surface area contributed by atoms with E-state index in [1.165, 1.54) is 0 Å². The number of pyridine rings is 1. The molecule has 0 saturated carbocycles. The lowest BCUT2D eigenvalue weighted by molar-refractivity contribution is 0.0674. The number of hydrogen-bond donors (Lipinski definition) is 2. The highest BCUT2D eigenvalue weighted by Gasteiger charge is 2.26. The number of anilines is 1. The number of hydrogen-bond acceptors (Lipinski definition) is 4. The van der Waals surface area contributed by atoms with Gasteiger partial charge in [-0.05, 0) is 62.9 Å². The van der Waals surface area contributed by atoms with E-state index in [1.54, 1.807) is 7.11 Å². The predicted molar refractivity (Wildman–Crippen MR) is 130 cm³/mol. The number of urea groups is 1. The number of aromatic nitrogens is 1. The molecule has 3 aromatic rings. The number of nitrogens with one attached hydrogen (secondary N) is 2. The molecule has 7 heteroatoms. The molecule has 3 amide bonds. The molecular formula is C26H30N4O3. The van der Waals surface area contributed by atoms with E-state index in [4.69, 9.17) is 4.74 Å². The fraction of sp³-hybridized carbons (Fsp3) is 0.346. The zero-order valence-electron chi connectivity index (χ0n) is 19.4. The molecule has 2 heterocycles. The van der Waals surface area contributed by atoms with E-state index in [1.807, 2.05) is 67.3 Å². The van der Waals surface area contributed by atoms with Crippen LogP contribution in [-0.4, -0.2) is 48.6 Å². The molecule has 2 N–H and O–H groups in total. The molecule has 0 spiro atoms. The van der Waals surface area contributed by atoms with Gasteiger partial charge in [-0.15, -0.1) is 0 Å². The Kier molecular flexibility index (Phi) is 6.77. The molecular weight excluding hydrogens is 416 g/mol. The van der Waals surface area contributed by atoms with Crippen LogP contribution in [0.15, 0.2) is 48.5 Å². The lowest BCUT2D eigenvalue weighted by Gasteiger charge is -2.33. The Hall–Kier alpha value is -3.61. The summed E-state index contributed by atoms with van der Waals surface area (Å²) in [6.45, 7) is 5.72. The van der Waals surface area contributed by atoms with Gasteiger partial charge >= 0.3 is 6.03 Å². The van der Waals surface area contributed by atoms with Gasteiger partial charge in [-0.25, -0.2) is 4.79 Å². The third-order valence-corrected chi connectivity index (χ3v) is 6.11. The Morgan fingerprint density at radius 2 is 1.91 bits per heavy atom. The second-order valence-corrected chi connectivity index (χ2v) is 8.64. The highest BCUT2D eigenvalue weighted by Crippen LogP contribution is 2.24. The van der Waals surface area contributed by atoms with Gasteiger partial charge in [0.15, 0.2) is 0 Å². The third kappa shape index (κ3) is 5.42. The van der Waals surface area contributed by atoms with Gasteiger partial charge in [0.25, 0.3) is 5.91 Å². The lowest BCUT2D eigenvalue weighted by Crippen LogP contribution is -2.44. The standard InChI is InChI=1S/C26H30N4O3/c1-17-6-9-21(10-7-17)29-26(32)27-15-19-5-4-12-30(16-19)25(31)23-13-20-8-11-22(33-3)14-24(20)28-18(23)2/h6-11,13-14,19H,4-5,12,15-16H2,1-3H3,(H2,27,29,32). The molecule has 7 nitrogen and oxygen atoms in total. The Balaban J connectivity index is 1.37. The largest absolute Gasteiger partial charge is 0.497 e. The number of aryl methyl sites for hydroxylation is 2. The minimum atomic E-state index is -0.229. The van der Waals surface area contributed by atoms with E-state index < -0.39 is 0 Å². The minimum Gasteiger partial charge on any atom is -0.497 e. The van der Waals surface area contributed by atoms with Gasteiger partial charge in [0.2, 0.25) is 0 Å². The minimum absolute atomic E-state index is 0.00785. The Morgan fingerprint density at radius 3 is 2.67 bits per heavy atom. The van der Waals surface area contributed by atoms with E-state index in [2.05, 4.69) is 15.6 Å². The first-order valence-electron chi connectivity index (χ1n) is 11.3. The zero-order valence-corrected chi connectivity index (χ0v) is 19.4. The van der Waals surface area contributed by atoms with Crippen molar-refractivity contribution in [1.29, 1.82) is 0 Å². The normalized spacial score (nSPS) is 15.8. The van der Waals surface area contributed by atoms with Crippen molar-refractivity contribution in [3.05, 3.63) is 65.4 Å². The van der Waals surface area contributed by atoms with Crippen LogP contribution in [0.1, 0.15) is 34.5 Å². The van der Waals surface area contributed by atoms with Crippen molar-refractivity contribution in [2.24, 2.45) is 5.92 Å². The number of benzene rings is 2. The van der Waals surface area contributed by atoms with Crippen molar-refractivity contribution < 1.29 is 14.3 Å². The summed E-state index contributed by atoms with van der Waals surface area (Å²) < 4.78 is 5.27. The van der Waals surface area contributed by atoms with Crippen molar-refractivity contribution in [3.63, 3.8) is 0 Å². The van der Waals surface area contributed by atoms with Crippen molar-refractivity contribution in [3.8, 4) is 5.75 Å². The third-order valence-electron chi connectivity index (χ3n) is 6.11. The van der Waals surface area contributed by atoms with Crippen molar-refractivity contribution in [1.82, 2.24) is 15.2 Å². The molecule has 1 aromatic heterocycles. The topological polar surface area (TPSA) is 83.6 Å². The molecule has 0 bridgehead atoms. The van der Waals surface area contributed by atoms with E-state index in [-0.39, 0.29) is 17.9 Å². The van der Waals surface area contributed by atoms with E-state index >= 15 is 0 Å². The number of carbonyl (C=O) groups is 2. The van der Waals surface area contributed by atoms with Crippen molar-refractivity contribution in [2.45, 2.75) is 26.7 Å². The average Bonchev–Trinajstić information content (AvgIpc) is 2.83. The average molecular weight is 447 g/mol. The highest BCUT2D eigenvalue weighted by molar-refractivity contribution is 5.99. The molecule has 1 atom stereocenters. The first kappa shape index (κ1) is 22.6. The summed E-state index contributed by atoms with van der Waals surface area (Å²) >= 11 is 0. The molecule has 0 aliphatic carbocycles. The number of amides is 3. The molecule has 1 fully saturated rings. The molecule has 33 heavy (non-hydrogen) atoms. The van der Waals surface area contributed by atoms with Crippen LogP contribution in [-0.2, 0) is 0 Å². The predicted octanol–water partition coefficient (Wildman–Crippen LogP) is 4.53. The number of carbonyl (C=O) groups excluding carboxylic acids is 2. The summed E-state index contributed by atoms with van der Waals surface area (Å²) in [6.07, 6.45) is 1.89. The van der Waals surface area contributed by atoms with E-state index in [0.717, 1.165) is 40.7 Å². The Bertz CT molecular complexity index is 1160. The maximum atomic E-state index is 13.3. The molecule has 1 aliphatic heterocycles. The number of piperidine rings is 1. The Labute approximate surface area is 194 Å². The van der Waals surface area contributed by atoms with Gasteiger partial charge in [0.1, 0.15) is 5.75 Å². The summed E-state index contributed by atoms with van der Waals surface area (Å²) in [6, 6.07) is 15.0. The van der Waals surface area contributed by atoms with Gasteiger partial charge in [-0.2, -0.15) is 0 Å². The smallest absolute Gasteiger partial charge is 0.319 e.